The number of hydrazine groups is 1. The second-order valence-electron chi connectivity index (χ2n) is 19.3. The summed E-state index contributed by atoms with van der Waals surface area (Å²) >= 11 is 0. The quantitative estimate of drug-likeness (QED) is 0.0778. The van der Waals surface area contributed by atoms with E-state index in [1.165, 1.54) is 11.1 Å². The highest BCUT2D eigenvalue weighted by Crippen LogP contribution is 2.40. The van der Waals surface area contributed by atoms with Crippen LogP contribution in [-0.4, -0.2) is 124 Å². The molecule has 6 rings (SSSR count). The number of carbonyl (C=O) groups excluding carboxylic acids is 5. The molecular formula is C53H71N7O8. The van der Waals surface area contributed by atoms with E-state index in [2.05, 4.69) is 53.6 Å². The number of hydrogen-bond acceptors (Lipinski definition) is 10. The normalized spacial score (nSPS) is 22.3. The van der Waals surface area contributed by atoms with Gasteiger partial charge in [-0.3, -0.25) is 29.2 Å². The number of rotatable bonds is 13. The van der Waals surface area contributed by atoms with Crippen molar-refractivity contribution in [2.75, 3.05) is 39.9 Å². The average Bonchev–Trinajstić information content (AvgIpc) is 3.94. The fourth-order valence-electron chi connectivity index (χ4n) is 10.0. The van der Waals surface area contributed by atoms with Crippen molar-refractivity contribution in [3.63, 3.8) is 0 Å². The lowest BCUT2D eigenvalue weighted by atomic mass is 9.84. The smallest absolute Gasteiger partial charge is 0.355 e. The lowest BCUT2D eigenvalue weighted by Gasteiger charge is -2.40. The van der Waals surface area contributed by atoms with E-state index in [1.807, 2.05) is 78.8 Å². The van der Waals surface area contributed by atoms with Gasteiger partial charge in [-0.15, -0.1) is 0 Å². The maximum Gasteiger partial charge on any atom is 0.355 e. The Kier molecular flexibility index (Phi) is 16.3. The Morgan fingerprint density at radius 2 is 1.81 bits per heavy atom. The van der Waals surface area contributed by atoms with Crippen molar-refractivity contribution in [2.45, 2.75) is 118 Å². The Labute approximate surface area is 401 Å². The van der Waals surface area contributed by atoms with Crippen molar-refractivity contribution in [3.05, 3.63) is 90.3 Å². The number of amides is 4. The molecule has 2 fully saturated rings. The fourth-order valence-corrected chi connectivity index (χ4v) is 10.0. The van der Waals surface area contributed by atoms with Gasteiger partial charge in [-0.2, -0.15) is 5.43 Å². The molecule has 68 heavy (non-hydrogen) atoms. The number of carbonyl (C=O) groups is 5. The third-order valence-corrected chi connectivity index (χ3v) is 13.5. The van der Waals surface area contributed by atoms with E-state index in [0.717, 1.165) is 50.1 Å². The molecular weight excluding hydrogens is 863 g/mol. The number of nitrogens with one attached hydrogen (secondary N) is 2. The Hall–Kier alpha value is -5.90. The van der Waals surface area contributed by atoms with Gasteiger partial charge in [-0.25, -0.2) is 4.79 Å². The van der Waals surface area contributed by atoms with Crippen LogP contribution in [0.15, 0.2) is 78.5 Å². The summed E-state index contributed by atoms with van der Waals surface area (Å²) in [5.74, 6) is -3.35. The summed E-state index contributed by atoms with van der Waals surface area (Å²) in [4.78, 5) is 78.0. The number of likely N-dealkylation sites (tertiary alicyclic amines) is 1. The predicted octanol–water partition coefficient (Wildman–Crippen LogP) is 6.23. The summed E-state index contributed by atoms with van der Waals surface area (Å²) in [6, 6.07) is 12.1. The van der Waals surface area contributed by atoms with Crippen LogP contribution >= 0.6 is 0 Å². The summed E-state index contributed by atoms with van der Waals surface area (Å²) in [6.45, 7) is 24.9. The number of fused-ring (bicyclic) bond motifs is 6. The number of ether oxygens (including phenoxy) is 2. The first-order valence-electron chi connectivity index (χ1n) is 24.0. The molecule has 15 heteroatoms. The van der Waals surface area contributed by atoms with Crippen LogP contribution in [0.3, 0.4) is 0 Å². The van der Waals surface area contributed by atoms with Gasteiger partial charge in [0.05, 0.1) is 30.0 Å². The molecule has 0 unspecified atom stereocenters. The van der Waals surface area contributed by atoms with Gasteiger partial charge >= 0.3 is 5.97 Å². The molecule has 0 saturated carbocycles. The Balaban J connectivity index is 1.47. The number of aromatic nitrogens is 1. The molecule has 3 aromatic rings. The van der Waals surface area contributed by atoms with Crippen molar-refractivity contribution in [3.8, 4) is 11.1 Å². The van der Waals surface area contributed by atoms with Crippen LogP contribution in [0.25, 0.3) is 27.6 Å². The van der Waals surface area contributed by atoms with Crippen LogP contribution in [0.5, 0.6) is 0 Å². The number of cyclic esters (lactones) is 1. The first kappa shape index (κ1) is 51.5. The highest BCUT2D eigenvalue weighted by Gasteiger charge is 2.46. The maximum absolute atomic E-state index is 14.8. The lowest BCUT2D eigenvalue weighted by Crippen LogP contribution is -2.67. The average molecular weight is 934 g/mol. The van der Waals surface area contributed by atoms with Gasteiger partial charge in [-0.1, -0.05) is 77.3 Å². The Bertz CT molecular complexity index is 2490. The minimum Gasteiger partial charge on any atom is -0.462 e. The molecule has 3 aliphatic heterocycles. The lowest BCUT2D eigenvalue weighted by molar-refractivity contribution is -0.189. The first-order chi connectivity index (χ1) is 32.3. The highest BCUT2D eigenvalue weighted by molar-refractivity contribution is 5.96. The van der Waals surface area contributed by atoms with E-state index in [-0.39, 0.29) is 69.3 Å². The molecule has 0 spiro atoms. The second kappa shape index (κ2) is 21.6. The van der Waals surface area contributed by atoms with Crippen LogP contribution in [-0.2, 0) is 52.8 Å². The van der Waals surface area contributed by atoms with E-state index >= 15 is 0 Å². The molecule has 3 aliphatic rings. The van der Waals surface area contributed by atoms with Crippen molar-refractivity contribution in [2.24, 2.45) is 22.2 Å². The molecule has 4 amide bonds. The van der Waals surface area contributed by atoms with E-state index in [9.17, 15) is 29.1 Å². The Morgan fingerprint density at radius 1 is 1.07 bits per heavy atom. The summed E-state index contributed by atoms with van der Waals surface area (Å²) in [7, 11) is 1.65. The number of likely N-dealkylation sites (N-methyl/N-ethyl adjacent to an activating group) is 1. The third kappa shape index (κ3) is 10.7. The first-order valence-corrected chi connectivity index (χ1v) is 24.0. The predicted molar refractivity (Wildman–Crippen MR) is 265 cm³/mol. The minimum absolute atomic E-state index is 0.0160. The van der Waals surface area contributed by atoms with E-state index in [0.29, 0.717) is 25.9 Å². The van der Waals surface area contributed by atoms with Crippen molar-refractivity contribution in [1.82, 2.24) is 30.1 Å². The van der Waals surface area contributed by atoms with Crippen molar-refractivity contribution < 1.29 is 38.6 Å². The number of benzene rings is 2. The summed E-state index contributed by atoms with van der Waals surface area (Å²) in [5.41, 5.74) is 6.94. The standard InChI is InChI=1S/C53H71N7O8/c1-12-39(45(54-14-3)34(8)67-11)47-41-30-52(9,10)32-68-51(65)53(66)24-18-25-60(56-53)50(64)42(28-35-19-17-20-36(27-35)37-21-22-43(40(41)29-37)58(47)15-4)55-48(62)46(33(6)7)59(16-5)49(63)38-23-26-57(31-38)44(61)13-2/h12-14,17,19-22,27,29,33-34,38,42,46,56,66H,1-2,15-16,18,23-26,28,30-32H2,3-11H3,(H,55,62)/b45-39+,54-14-/t34-,38-,42-,46-,53-/m0/s1. The van der Waals surface area contributed by atoms with Crippen LogP contribution in [0.2, 0.25) is 0 Å². The zero-order chi connectivity index (χ0) is 49.7. The van der Waals surface area contributed by atoms with Crippen molar-refractivity contribution in [1.29, 1.82) is 0 Å². The van der Waals surface area contributed by atoms with Gasteiger partial charge in [0, 0.05) is 80.8 Å². The maximum atomic E-state index is 14.8. The van der Waals surface area contributed by atoms with Crippen molar-refractivity contribution >= 4 is 52.3 Å². The van der Waals surface area contributed by atoms with Gasteiger partial charge in [0.2, 0.25) is 23.4 Å². The van der Waals surface area contributed by atoms with Gasteiger partial charge in [0.25, 0.3) is 5.91 Å². The van der Waals surface area contributed by atoms with E-state index in [4.69, 9.17) is 14.5 Å². The number of allylic oxidation sites excluding steroid dienone is 2. The number of aliphatic imine (C=N–C) groups is 1. The van der Waals surface area contributed by atoms with Crippen LogP contribution in [0.4, 0.5) is 0 Å². The van der Waals surface area contributed by atoms with E-state index < -0.39 is 46.9 Å². The monoisotopic (exact) mass is 934 g/mol. The molecule has 6 bridgehead atoms. The fraction of sp³-hybridized carbons (Fsp3) is 0.509. The van der Waals surface area contributed by atoms with Crippen LogP contribution < -0.4 is 10.7 Å². The summed E-state index contributed by atoms with van der Waals surface area (Å²) in [6.07, 6.45) is 5.67. The molecule has 2 saturated heterocycles. The van der Waals surface area contributed by atoms with Gasteiger partial charge in [0.15, 0.2) is 0 Å². The zero-order valence-electron chi connectivity index (χ0n) is 41.4. The number of methoxy groups -OCH3 is 1. The molecule has 15 nitrogen and oxygen atoms in total. The molecule has 2 aromatic carbocycles. The molecule has 4 heterocycles. The summed E-state index contributed by atoms with van der Waals surface area (Å²) < 4.78 is 14.1. The van der Waals surface area contributed by atoms with Gasteiger partial charge in [-0.05, 0) is 93.3 Å². The molecule has 1 aromatic heterocycles. The zero-order valence-corrected chi connectivity index (χ0v) is 41.4. The second-order valence-corrected chi connectivity index (χ2v) is 19.3. The number of esters is 1. The number of nitrogens with zero attached hydrogens (tertiary/aromatic N) is 5. The topological polar surface area (TPSA) is 175 Å². The molecule has 0 aliphatic carbocycles. The molecule has 0 radical (unpaired) electrons. The third-order valence-electron chi connectivity index (χ3n) is 13.5. The molecule has 5 atom stereocenters. The van der Waals surface area contributed by atoms with E-state index in [1.54, 1.807) is 23.1 Å². The van der Waals surface area contributed by atoms with Crippen LogP contribution in [0.1, 0.15) is 91.5 Å². The minimum atomic E-state index is -2.24. The van der Waals surface area contributed by atoms with Gasteiger partial charge in [0.1, 0.15) is 12.1 Å². The number of hydrogen-bond donors (Lipinski definition) is 3. The summed E-state index contributed by atoms with van der Waals surface area (Å²) in [5, 5.41) is 17.1. The Morgan fingerprint density at radius 3 is 2.46 bits per heavy atom. The van der Waals surface area contributed by atoms with Gasteiger partial charge < -0.3 is 34.3 Å². The number of aryl methyl sites for hydroxylation is 1. The highest BCUT2D eigenvalue weighted by atomic mass is 16.6. The number of aliphatic hydroxyl groups is 1. The molecule has 3 N–H and O–H groups in total. The van der Waals surface area contributed by atoms with Crippen LogP contribution in [0, 0.1) is 17.3 Å². The molecule has 366 valence electrons. The SMILES string of the molecule is C=CC(=O)N1CC[C@H](C(=O)N(CC)[C@H](C(=O)N[C@H]2Cc3cccc(c3)-c3ccc4c(c3)c(c(/C(C=C)=C(/N=C\C)[C@H](C)OC)n4CC)CC(C)(C)COC(=O)[C@@]3(O)CCCN(N3)C2=O)C(C)C)C1. The largest absolute Gasteiger partial charge is 0.462 e.